The van der Waals surface area contributed by atoms with Crippen molar-refractivity contribution in [2.45, 2.75) is 45.4 Å². The van der Waals surface area contributed by atoms with Crippen LogP contribution < -0.4 is 34.0 Å². The normalized spacial score (nSPS) is 10.1. The predicted molar refractivity (Wildman–Crippen MR) is 65.2 cm³/mol. The Morgan fingerprint density at radius 2 is 1.31 bits per heavy atom. The van der Waals surface area contributed by atoms with Crippen LogP contribution in [0.3, 0.4) is 0 Å². The van der Waals surface area contributed by atoms with E-state index in [9.17, 15) is 0 Å². The van der Waals surface area contributed by atoms with Gasteiger partial charge in [-0.2, -0.15) is 0 Å². The van der Waals surface area contributed by atoms with Crippen molar-refractivity contribution in [3.05, 3.63) is 0 Å². The van der Waals surface area contributed by atoms with Gasteiger partial charge in [-0.05, 0) is 44.5 Å². The van der Waals surface area contributed by atoms with Gasteiger partial charge in [0, 0.05) is 0 Å². The summed E-state index contributed by atoms with van der Waals surface area (Å²) in [6, 6.07) is 0. The number of hydrogen-bond acceptors (Lipinski definition) is 1. The summed E-state index contributed by atoms with van der Waals surface area (Å²) in [4.78, 5) is 2.29. The van der Waals surface area contributed by atoms with Gasteiger partial charge in [0.15, 0.2) is 0 Å². The van der Waals surface area contributed by atoms with Crippen molar-refractivity contribution in [2.24, 2.45) is 0 Å². The molecule has 0 spiro atoms. The second-order valence-electron chi connectivity index (χ2n) is 4.58. The molecule has 103 valence electrons. The summed E-state index contributed by atoms with van der Waals surface area (Å²) in [5.74, 6) is 0. The maximum Gasteiger partial charge on any atom is 2.00 e. The third-order valence-electron chi connectivity index (χ3n) is 2.35. The molecule has 0 saturated carbocycles. The molecule has 5 heteroatoms. The van der Waals surface area contributed by atoms with Crippen molar-refractivity contribution in [3.63, 3.8) is 0 Å². The van der Waals surface area contributed by atoms with Crippen molar-refractivity contribution < 1.29 is 50.7 Å². The Bertz CT molecular complexity index is 127. The van der Waals surface area contributed by atoms with Gasteiger partial charge in [-0.25, -0.2) is 0 Å². The Labute approximate surface area is 135 Å². The van der Waals surface area contributed by atoms with Gasteiger partial charge in [0.05, 0.1) is 0 Å². The molecule has 1 nitrogen and oxygen atoms in total. The van der Waals surface area contributed by atoms with Crippen LogP contribution in [0.4, 0.5) is 0 Å². The van der Waals surface area contributed by atoms with Gasteiger partial charge in [-0.1, -0.05) is 27.7 Å². The third kappa shape index (κ3) is 13.9. The molecule has 0 atom stereocenters. The van der Waals surface area contributed by atoms with Crippen LogP contribution in [-0.2, 0) is 16.8 Å². The van der Waals surface area contributed by atoms with Crippen LogP contribution in [0.5, 0.6) is 0 Å². The molecule has 16 heavy (non-hydrogen) atoms. The predicted octanol–water partition coefficient (Wildman–Crippen LogP) is -2.76. The second kappa shape index (κ2) is 14.9. The smallest absolute Gasteiger partial charge is 1.00 e. The monoisotopic (exact) mass is 420 g/mol. The summed E-state index contributed by atoms with van der Waals surface area (Å²) in [6.45, 7) is 10.8. The van der Waals surface area contributed by atoms with Gasteiger partial charge in [-0.15, -0.1) is 7.92 Å². The molecule has 0 amide bonds. The van der Waals surface area contributed by atoms with Gasteiger partial charge in [0.2, 0.25) is 0 Å². The van der Waals surface area contributed by atoms with E-state index in [-0.39, 0.29) is 58.7 Å². The standard InChI is InChI=1S/C11H26NP.2BrH.Co/c1-10(2)13(11(3)4)9-7-8-12(5)6;;;/h10-11H,7-9H2,1-6H3;2*1H;/q;;;+2/p-2. The third-order valence-corrected chi connectivity index (χ3v) is 5.83. The molecule has 0 unspecified atom stereocenters. The molecule has 0 aliphatic carbocycles. The second-order valence-corrected chi connectivity index (χ2v) is 8.12. The average Bonchev–Trinajstić information content (AvgIpc) is 1.95. The van der Waals surface area contributed by atoms with Crippen molar-refractivity contribution >= 4 is 7.92 Å². The Morgan fingerprint density at radius 1 is 0.938 bits per heavy atom. The fourth-order valence-electron chi connectivity index (χ4n) is 1.68. The van der Waals surface area contributed by atoms with E-state index in [0.29, 0.717) is 0 Å². The summed E-state index contributed by atoms with van der Waals surface area (Å²) in [5, 5.41) is 0. The van der Waals surface area contributed by atoms with Gasteiger partial charge in [0.25, 0.3) is 0 Å². The first-order valence-electron chi connectivity index (χ1n) is 5.35. The van der Waals surface area contributed by atoms with Crippen molar-refractivity contribution in [3.8, 4) is 0 Å². The molecule has 0 aromatic rings. The molecule has 0 aliphatic heterocycles. The minimum absolute atomic E-state index is 0. The first-order chi connectivity index (χ1) is 5.95. The van der Waals surface area contributed by atoms with Crippen LogP contribution in [0, 0.1) is 0 Å². The van der Waals surface area contributed by atoms with Crippen LogP contribution >= 0.6 is 7.92 Å². The summed E-state index contributed by atoms with van der Waals surface area (Å²) in [7, 11) is 4.58. The summed E-state index contributed by atoms with van der Waals surface area (Å²) < 4.78 is 0. The average molecular weight is 422 g/mol. The zero-order valence-electron chi connectivity index (χ0n) is 11.3. The molecule has 1 radical (unpaired) electrons. The summed E-state index contributed by atoms with van der Waals surface area (Å²) in [5.41, 5.74) is 1.80. The Hall–Kier alpha value is 1.86. The molecular weight excluding hydrogens is 396 g/mol. The summed E-state index contributed by atoms with van der Waals surface area (Å²) in [6.07, 6.45) is 2.82. The maximum absolute atomic E-state index is 2.38. The molecule has 0 heterocycles. The molecule has 0 aromatic heterocycles. The molecule has 0 aromatic carbocycles. The van der Waals surface area contributed by atoms with E-state index in [0.717, 1.165) is 11.3 Å². The number of hydrogen-bond donors (Lipinski definition) is 0. The minimum Gasteiger partial charge on any atom is -1.00 e. The zero-order valence-corrected chi connectivity index (χ0v) is 16.4. The van der Waals surface area contributed by atoms with E-state index in [1.54, 1.807) is 0 Å². The molecule has 0 fully saturated rings. The van der Waals surface area contributed by atoms with Crippen LogP contribution in [0.25, 0.3) is 0 Å². The zero-order chi connectivity index (χ0) is 10.4. The van der Waals surface area contributed by atoms with E-state index in [1.807, 2.05) is 0 Å². The van der Waals surface area contributed by atoms with Crippen molar-refractivity contribution in [1.82, 2.24) is 4.90 Å². The summed E-state index contributed by atoms with van der Waals surface area (Å²) >= 11 is 0. The van der Waals surface area contributed by atoms with E-state index >= 15 is 0 Å². The first kappa shape index (κ1) is 26.4. The topological polar surface area (TPSA) is 3.24 Å². The van der Waals surface area contributed by atoms with Gasteiger partial charge < -0.3 is 38.9 Å². The van der Waals surface area contributed by atoms with Gasteiger partial charge in [-0.3, -0.25) is 0 Å². The number of nitrogens with zero attached hydrogens (tertiary/aromatic N) is 1. The van der Waals surface area contributed by atoms with E-state index < -0.39 is 0 Å². The fraction of sp³-hybridized carbons (Fsp3) is 1.00. The van der Waals surface area contributed by atoms with Gasteiger partial charge >= 0.3 is 16.8 Å². The number of rotatable bonds is 6. The molecule has 0 N–H and O–H groups in total. The first-order valence-corrected chi connectivity index (χ1v) is 7.02. The van der Waals surface area contributed by atoms with Crippen LogP contribution in [0.15, 0.2) is 0 Å². The Balaban J connectivity index is -0.000000240. The molecule has 0 rings (SSSR count). The Kier molecular flexibility index (Phi) is 24.6. The van der Waals surface area contributed by atoms with Crippen LogP contribution in [0.2, 0.25) is 0 Å². The largest absolute Gasteiger partial charge is 2.00 e. The SMILES string of the molecule is CC(C)P(CCCN(C)C)C(C)C.[Br-].[Br-].[Co+2]. The Morgan fingerprint density at radius 3 is 1.56 bits per heavy atom. The molecular formula is C11H26Br2CoNP. The molecule has 0 aliphatic rings. The maximum atomic E-state index is 2.38. The van der Waals surface area contributed by atoms with Gasteiger partial charge in [0.1, 0.15) is 0 Å². The van der Waals surface area contributed by atoms with E-state index in [1.165, 1.54) is 19.1 Å². The molecule has 0 bridgehead atoms. The van der Waals surface area contributed by atoms with Crippen molar-refractivity contribution in [1.29, 1.82) is 0 Å². The van der Waals surface area contributed by atoms with Crippen LogP contribution in [0.1, 0.15) is 34.1 Å². The quantitative estimate of drug-likeness (QED) is 0.420. The molecule has 0 saturated heterocycles. The minimum atomic E-state index is 0. The fourth-order valence-corrected chi connectivity index (χ4v) is 4.41. The number of halogens is 2. The van der Waals surface area contributed by atoms with Crippen molar-refractivity contribution in [2.75, 3.05) is 26.8 Å². The van der Waals surface area contributed by atoms with E-state index in [2.05, 4.69) is 46.7 Å². The van der Waals surface area contributed by atoms with E-state index in [4.69, 9.17) is 0 Å². The van der Waals surface area contributed by atoms with Crippen LogP contribution in [-0.4, -0.2) is 43.0 Å².